The van der Waals surface area contributed by atoms with Crippen LogP contribution in [0.1, 0.15) is 15.9 Å². The number of halogens is 1. The van der Waals surface area contributed by atoms with Gasteiger partial charge in [0.05, 0.1) is 13.0 Å². The van der Waals surface area contributed by atoms with Crippen molar-refractivity contribution < 1.29 is 14.4 Å². The Morgan fingerprint density at radius 3 is 2.39 bits per heavy atom. The molecule has 31 heavy (non-hydrogen) atoms. The molecule has 8 heteroatoms. The summed E-state index contributed by atoms with van der Waals surface area (Å²) >= 11 is 6.15. The lowest BCUT2D eigenvalue weighted by atomic mass is 10.1. The van der Waals surface area contributed by atoms with Crippen LogP contribution in [-0.2, 0) is 16.0 Å². The molecule has 1 aliphatic heterocycles. The van der Waals surface area contributed by atoms with Crippen LogP contribution in [0.15, 0.2) is 48.5 Å². The summed E-state index contributed by atoms with van der Waals surface area (Å²) in [5.74, 6) is -0.224. The van der Waals surface area contributed by atoms with E-state index in [4.69, 9.17) is 11.6 Å². The molecule has 0 saturated carbocycles. The van der Waals surface area contributed by atoms with E-state index in [9.17, 15) is 14.4 Å². The van der Waals surface area contributed by atoms with Crippen molar-refractivity contribution in [3.8, 4) is 0 Å². The number of anilines is 1. The number of rotatable bonds is 6. The van der Waals surface area contributed by atoms with Gasteiger partial charge in [-0.25, -0.2) is 0 Å². The number of hydrogen-bond acceptors (Lipinski definition) is 4. The number of benzene rings is 2. The summed E-state index contributed by atoms with van der Waals surface area (Å²) in [6.07, 6.45) is 0.280. The molecule has 2 aromatic rings. The summed E-state index contributed by atoms with van der Waals surface area (Å²) in [5.41, 5.74) is 1.94. The predicted molar refractivity (Wildman–Crippen MR) is 121 cm³/mol. The maximum atomic E-state index is 12.6. The second kappa shape index (κ2) is 10.4. The van der Waals surface area contributed by atoms with Crippen molar-refractivity contribution >= 4 is 35.0 Å². The lowest BCUT2D eigenvalue weighted by Crippen LogP contribution is -2.50. The molecule has 0 aromatic heterocycles. The SMILES string of the molecule is CN(C)C(=O)c1cccc(NC(=O)CN2CCN(C(=O)Cc3ccccc3Cl)CC2)c1. The standard InChI is InChI=1S/C23H27ClN4O3/c1-26(2)23(31)18-7-5-8-19(14-18)25-21(29)16-27-10-12-28(13-11-27)22(30)15-17-6-3-4-9-20(17)24/h3-9,14H,10-13,15-16H2,1-2H3,(H,25,29). The van der Waals surface area contributed by atoms with Gasteiger partial charge in [0.25, 0.3) is 5.91 Å². The van der Waals surface area contributed by atoms with E-state index in [1.165, 1.54) is 4.90 Å². The van der Waals surface area contributed by atoms with Crippen molar-refractivity contribution in [2.45, 2.75) is 6.42 Å². The Bertz CT molecular complexity index is 955. The average Bonchev–Trinajstić information content (AvgIpc) is 2.75. The minimum Gasteiger partial charge on any atom is -0.345 e. The highest BCUT2D eigenvalue weighted by Gasteiger charge is 2.23. The van der Waals surface area contributed by atoms with Gasteiger partial charge in [-0.2, -0.15) is 0 Å². The van der Waals surface area contributed by atoms with Gasteiger partial charge in [-0.15, -0.1) is 0 Å². The van der Waals surface area contributed by atoms with Crippen LogP contribution in [-0.4, -0.2) is 79.2 Å². The zero-order valence-corrected chi connectivity index (χ0v) is 18.6. The average molecular weight is 443 g/mol. The fraction of sp³-hybridized carbons (Fsp3) is 0.348. The Balaban J connectivity index is 1.47. The van der Waals surface area contributed by atoms with E-state index < -0.39 is 0 Å². The second-order valence-electron chi connectivity index (χ2n) is 7.75. The number of nitrogens with zero attached hydrogens (tertiary/aromatic N) is 3. The molecule has 0 spiro atoms. The van der Waals surface area contributed by atoms with Gasteiger partial charge in [0.2, 0.25) is 11.8 Å². The number of carbonyl (C=O) groups excluding carboxylic acids is 3. The minimum atomic E-state index is -0.148. The summed E-state index contributed by atoms with van der Waals surface area (Å²) in [5, 5.41) is 3.45. The largest absolute Gasteiger partial charge is 0.345 e. The minimum absolute atomic E-state index is 0.0413. The Kier molecular flexibility index (Phi) is 7.65. The smallest absolute Gasteiger partial charge is 0.253 e. The normalized spacial score (nSPS) is 14.2. The molecule has 1 heterocycles. The number of piperazine rings is 1. The first kappa shape index (κ1) is 22.8. The molecular weight excluding hydrogens is 416 g/mol. The number of carbonyl (C=O) groups is 3. The fourth-order valence-corrected chi connectivity index (χ4v) is 3.67. The highest BCUT2D eigenvalue weighted by molar-refractivity contribution is 6.31. The van der Waals surface area contributed by atoms with E-state index in [0.717, 1.165) is 5.56 Å². The zero-order valence-electron chi connectivity index (χ0n) is 17.8. The molecule has 1 fully saturated rings. The molecule has 0 unspecified atom stereocenters. The molecule has 164 valence electrons. The van der Waals surface area contributed by atoms with E-state index in [-0.39, 0.29) is 30.7 Å². The third kappa shape index (κ3) is 6.29. The van der Waals surface area contributed by atoms with E-state index in [1.54, 1.807) is 44.4 Å². The highest BCUT2D eigenvalue weighted by Crippen LogP contribution is 2.17. The van der Waals surface area contributed by atoms with Crippen LogP contribution in [0.5, 0.6) is 0 Å². The van der Waals surface area contributed by atoms with Crippen LogP contribution >= 0.6 is 11.6 Å². The van der Waals surface area contributed by atoms with Gasteiger partial charge in [-0.1, -0.05) is 35.9 Å². The van der Waals surface area contributed by atoms with Crippen LogP contribution in [0, 0.1) is 0 Å². The number of amides is 3. The quantitative estimate of drug-likeness (QED) is 0.745. The fourth-order valence-electron chi connectivity index (χ4n) is 3.46. The van der Waals surface area contributed by atoms with Crippen molar-refractivity contribution in [2.75, 3.05) is 52.1 Å². The van der Waals surface area contributed by atoms with Crippen molar-refractivity contribution in [1.82, 2.24) is 14.7 Å². The molecular formula is C23H27ClN4O3. The third-order valence-corrected chi connectivity index (χ3v) is 5.56. The Hall–Kier alpha value is -2.90. The van der Waals surface area contributed by atoms with Crippen molar-refractivity contribution in [1.29, 1.82) is 0 Å². The van der Waals surface area contributed by atoms with Gasteiger partial charge in [0, 0.05) is 56.5 Å². The molecule has 7 nitrogen and oxygen atoms in total. The van der Waals surface area contributed by atoms with Gasteiger partial charge < -0.3 is 15.1 Å². The zero-order chi connectivity index (χ0) is 22.4. The third-order valence-electron chi connectivity index (χ3n) is 5.19. The van der Waals surface area contributed by atoms with E-state index in [0.29, 0.717) is 42.5 Å². The lowest BCUT2D eigenvalue weighted by Gasteiger charge is -2.34. The molecule has 3 rings (SSSR count). The number of hydrogen-bond donors (Lipinski definition) is 1. The van der Waals surface area contributed by atoms with E-state index in [2.05, 4.69) is 5.32 Å². The Morgan fingerprint density at radius 2 is 1.71 bits per heavy atom. The van der Waals surface area contributed by atoms with Crippen LogP contribution in [0.25, 0.3) is 0 Å². The molecule has 2 aromatic carbocycles. The van der Waals surface area contributed by atoms with Crippen molar-refractivity contribution in [2.24, 2.45) is 0 Å². The van der Waals surface area contributed by atoms with Gasteiger partial charge >= 0.3 is 0 Å². The molecule has 1 N–H and O–H groups in total. The maximum Gasteiger partial charge on any atom is 0.253 e. The van der Waals surface area contributed by atoms with Gasteiger partial charge in [0.1, 0.15) is 0 Å². The molecule has 0 bridgehead atoms. The topological polar surface area (TPSA) is 73.0 Å². The van der Waals surface area contributed by atoms with Crippen molar-refractivity contribution in [3.63, 3.8) is 0 Å². The second-order valence-corrected chi connectivity index (χ2v) is 8.16. The summed E-state index contributed by atoms with van der Waals surface area (Å²) in [6, 6.07) is 14.3. The van der Waals surface area contributed by atoms with Gasteiger partial charge in [-0.05, 0) is 29.8 Å². The number of nitrogens with one attached hydrogen (secondary N) is 1. The Labute approximate surface area is 187 Å². The van der Waals surface area contributed by atoms with E-state index in [1.807, 2.05) is 28.0 Å². The highest BCUT2D eigenvalue weighted by atomic mass is 35.5. The lowest BCUT2D eigenvalue weighted by molar-refractivity contribution is -0.132. The van der Waals surface area contributed by atoms with Crippen LogP contribution < -0.4 is 5.32 Å². The molecule has 0 radical (unpaired) electrons. The maximum absolute atomic E-state index is 12.6. The first-order valence-electron chi connectivity index (χ1n) is 10.2. The molecule has 0 aliphatic carbocycles. The molecule has 3 amide bonds. The monoisotopic (exact) mass is 442 g/mol. The summed E-state index contributed by atoms with van der Waals surface area (Å²) in [7, 11) is 3.37. The summed E-state index contributed by atoms with van der Waals surface area (Å²) < 4.78 is 0. The van der Waals surface area contributed by atoms with Crippen LogP contribution in [0.3, 0.4) is 0 Å². The first-order chi connectivity index (χ1) is 14.8. The summed E-state index contributed by atoms with van der Waals surface area (Å²) in [6.45, 7) is 2.63. The van der Waals surface area contributed by atoms with E-state index >= 15 is 0 Å². The van der Waals surface area contributed by atoms with Crippen LogP contribution in [0.4, 0.5) is 5.69 Å². The molecule has 0 atom stereocenters. The Morgan fingerprint density at radius 1 is 1.00 bits per heavy atom. The van der Waals surface area contributed by atoms with Gasteiger partial charge in [0.15, 0.2) is 0 Å². The molecule has 1 aliphatic rings. The van der Waals surface area contributed by atoms with Crippen LogP contribution in [0.2, 0.25) is 5.02 Å². The van der Waals surface area contributed by atoms with Gasteiger partial charge in [-0.3, -0.25) is 19.3 Å². The molecule has 1 saturated heterocycles. The van der Waals surface area contributed by atoms with Crippen molar-refractivity contribution in [3.05, 3.63) is 64.7 Å². The summed E-state index contributed by atoms with van der Waals surface area (Å²) in [4.78, 5) is 42.4. The predicted octanol–water partition coefficient (Wildman–Crippen LogP) is 2.37. The first-order valence-corrected chi connectivity index (χ1v) is 10.6.